The van der Waals surface area contributed by atoms with Crippen LogP contribution in [0.3, 0.4) is 0 Å². The molecule has 1 aromatic heterocycles. The molecular weight excluding hydrogens is 258 g/mol. The zero-order chi connectivity index (χ0) is 14.1. The van der Waals surface area contributed by atoms with Crippen molar-refractivity contribution in [1.29, 1.82) is 0 Å². The van der Waals surface area contributed by atoms with E-state index in [1.807, 2.05) is 11.0 Å². The highest BCUT2D eigenvalue weighted by Crippen LogP contribution is 2.26. The maximum absolute atomic E-state index is 10.6. The van der Waals surface area contributed by atoms with Gasteiger partial charge in [-0.05, 0) is 35.7 Å². The van der Waals surface area contributed by atoms with Crippen molar-refractivity contribution in [3.63, 3.8) is 0 Å². The predicted octanol–water partition coefficient (Wildman–Crippen LogP) is 2.26. The molecule has 0 spiro atoms. The minimum Gasteiger partial charge on any atom is -0.508 e. The van der Waals surface area contributed by atoms with Gasteiger partial charge in [0.2, 0.25) is 0 Å². The van der Waals surface area contributed by atoms with Gasteiger partial charge in [-0.1, -0.05) is 6.07 Å². The average Bonchev–Trinajstić information content (AvgIpc) is 2.46. The molecule has 0 aliphatic carbocycles. The van der Waals surface area contributed by atoms with Gasteiger partial charge in [-0.15, -0.1) is 0 Å². The molecule has 0 saturated heterocycles. The van der Waals surface area contributed by atoms with Crippen LogP contribution in [0.4, 0.5) is 11.5 Å². The average molecular weight is 271 g/mol. The number of hydrogen-bond donors (Lipinski definition) is 1. The molecule has 0 saturated carbocycles. The van der Waals surface area contributed by atoms with E-state index in [4.69, 9.17) is 0 Å². The number of pyridine rings is 1. The summed E-state index contributed by atoms with van der Waals surface area (Å²) in [6.45, 7) is 1.46. The van der Waals surface area contributed by atoms with Crippen LogP contribution in [0.25, 0.3) is 0 Å². The van der Waals surface area contributed by atoms with E-state index >= 15 is 0 Å². The molecule has 1 aliphatic heterocycles. The Morgan fingerprint density at radius 3 is 2.80 bits per heavy atom. The van der Waals surface area contributed by atoms with Crippen LogP contribution in [0.2, 0.25) is 0 Å². The summed E-state index contributed by atoms with van der Waals surface area (Å²) in [7, 11) is 0. The summed E-state index contributed by atoms with van der Waals surface area (Å²) in [6, 6.07) is 8.50. The van der Waals surface area contributed by atoms with Crippen LogP contribution in [0.1, 0.15) is 11.1 Å². The van der Waals surface area contributed by atoms with Crippen LogP contribution in [0.5, 0.6) is 5.75 Å². The molecule has 0 radical (unpaired) electrons. The summed E-state index contributed by atoms with van der Waals surface area (Å²) in [4.78, 5) is 16.3. The molecule has 0 amide bonds. The second-order valence-electron chi connectivity index (χ2n) is 4.76. The van der Waals surface area contributed by atoms with Crippen molar-refractivity contribution in [2.45, 2.75) is 13.0 Å². The summed E-state index contributed by atoms with van der Waals surface area (Å²) in [5.41, 5.74) is 2.28. The van der Waals surface area contributed by atoms with E-state index in [1.165, 1.54) is 17.8 Å². The highest BCUT2D eigenvalue weighted by atomic mass is 16.6. The number of phenols is 1. The van der Waals surface area contributed by atoms with Gasteiger partial charge in [0.05, 0.1) is 4.92 Å². The van der Waals surface area contributed by atoms with Gasteiger partial charge in [0.15, 0.2) is 0 Å². The Labute approximate surface area is 115 Å². The molecule has 1 aliphatic rings. The van der Waals surface area contributed by atoms with E-state index in [0.29, 0.717) is 12.4 Å². The molecule has 20 heavy (non-hydrogen) atoms. The molecule has 0 bridgehead atoms. The van der Waals surface area contributed by atoms with Crippen LogP contribution >= 0.6 is 0 Å². The summed E-state index contributed by atoms with van der Waals surface area (Å²) >= 11 is 0. The zero-order valence-corrected chi connectivity index (χ0v) is 10.7. The topological polar surface area (TPSA) is 79.5 Å². The van der Waals surface area contributed by atoms with Crippen molar-refractivity contribution in [2.75, 3.05) is 11.4 Å². The lowest BCUT2D eigenvalue weighted by Gasteiger charge is -2.29. The quantitative estimate of drug-likeness (QED) is 0.669. The fourth-order valence-corrected chi connectivity index (χ4v) is 2.41. The second kappa shape index (κ2) is 4.80. The minimum absolute atomic E-state index is 0.0104. The Morgan fingerprint density at radius 2 is 2.10 bits per heavy atom. The Kier molecular flexibility index (Phi) is 2.98. The molecule has 1 N–H and O–H groups in total. The molecule has 0 atom stereocenters. The first kappa shape index (κ1) is 12.4. The van der Waals surface area contributed by atoms with Crippen molar-refractivity contribution in [3.05, 3.63) is 57.8 Å². The fraction of sp³-hybridized carbons (Fsp3) is 0.214. The first-order chi connectivity index (χ1) is 9.63. The number of aromatic nitrogens is 1. The third kappa shape index (κ3) is 2.27. The van der Waals surface area contributed by atoms with Crippen LogP contribution < -0.4 is 4.90 Å². The predicted molar refractivity (Wildman–Crippen MR) is 73.8 cm³/mol. The van der Waals surface area contributed by atoms with Crippen LogP contribution in [-0.2, 0) is 13.0 Å². The van der Waals surface area contributed by atoms with E-state index in [0.717, 1.165) is 18.5 Å². The van der Waals surface area contributed by atoms with Gasteiger partial charge in [-0.25, -0.2) is 4.98 Å². The summed E-state index contributed by atoms with van der Waals surface area (Å²) in [5.74, 6) is 0.965. The number of fused-ring (bicyclic) bond motifs is 1. The number of nitro groups is 1. The molecule has 3 rings (SSSR count). The number of phenolic OH excluding ortho intramolecular Hbond substituents is 1. The fourth-order valence-electron chi connectivity index (χ4n) is 2.41. The van der Waals surface area contributed by atoms with E-state index in [2.05, 4.69) is 4.98 Å². The Hall–Kier alpha value is -2.63. The Bertz CT molecular complexity index is 655. The van der Waals surface area contributed by atoms with Crippen molar-refractivity contribution in [2.24, 2.45) is 0 Å². The van der Waals surface area contributed by atoms with Crippen molar-refractivity contribution < 1.29 is 10.0 Å². The number of nitrogens with zero attached hydrogens (tertiary/aromatic N) is 3. The number of anilines is 1. The lowest BCUT2D eigenvalue weighted by molar-refractivity contribution is -0.385. The lowest BCUT2D eigenvalue weighted by atomic mass is 9.99. The van der Waals surface area contributed by atoms with Gasteiger partial charge in [0.1, 0.15) is 17.8 Å². The maximum atomic E-state index is 10.6. The summed E-state index contributed by atoms with van der Waals surface area (Å²) in [5, 5.41) is 20.1. The Balaban J connectivity index is 1.84. The van der Waals surface area contributed by atoms with Crippen LogP contribution in [-0.4, -0.2) is 21.6 Å². The lowest BCUT2D eigenvalue weighted by Crippen LogP contribution is -2.30. The van der Waals surface area contributed by atoms with Gasteiger partial charge in [-0.2, -0.15) is 0 Å². The molecule has 2 heterocycles. The van der Waals surface area contributed by atoms with E-state index in [9.17, 15) is 15.2 Å². The molecule has 1 aromatic carbocycles. The van der Waals surface area contributed by atoms with Crippen LogP contribution in [0, 0.1) is 10.1 Å². The summed E-state index contributed by atoms with van der Waals surface area (Å²) < 4.78 is 0. The molecule has 102 valence electrons. The third-order valence-corrected chi connectivity index (χ3v) is 3.47. The monoisotopic (exact) mass is 271 g/mol. The van der Waals surface area contributed by atoms with Crippen molar-refractivity contribution >= 4 is 11.5 Å². The van der Waals surface area contributed by atoms with E-state index < -0.39 is 4.92 Å². The molecule has 6 nitrogen and oxygen atoms in total. The largest absolute Gasteiger partial charge is 0.508 e. The number of rotatable bonds is 2. The van der Waals surface area contributed by atoms with Crippen molar-refractivity contribution in [3.8, 4) is 5.75 Å². The van der Waals surface area contributed by atoms with Gasteiger partial charge in [0.25, 0.3) is 5.69 Å². The Morgan fingerprint density at radius 1 is 1.25 bits per heavy atom. The van der Waals surface area contributed by atoms with Gasteiger partial charge < -0.3 is 10.0 Å². The molecule has 0 fully saturated rings. The second-order valence-corrected chi connectivity index (χ2v) is 4.76. The first-order valence-electron chi connectivity index (χ1n) is 6.29. The van der Waals surface area contributed by atoms with E-state index in [-0.39, 0.29) is 11.4 Å². The minimum atomic E-state index is -0.458. The SMILES string of the molecule is O=[N+]([O-])c1ccc(N2CCc3ccc(O)cc3C2)nc1. The van der Waals surface area contributed by atoms with Crippen LogP contribution in [0.15, 0.2) is 36.5 Å². The number of hydrogen-bond acceptors (Lipinski definition) is 5. The normalized spacial score (nSPS) is 13.9. The van der Waals surface area contributed by atoms with Gasteiger partial charge in [0, 0.05) is 19.2 Å². The molecule has 2 aromatic rings. The van der Waals surface area contributed by atoms with E-state index in [1.54, 1.807) is 18.2 Å². The highest BCUT2D eigenvalue weighted by Gasteiger charge is 2.18. The first-order valence-corrected chi connectivity index (χ1v) is 6.29. The van der Waals surface area contributed by atoms with Gasteiger partial charge in [-0.3, -0.25) is 10.1 Å². The van der Waals surface area contributed by atoms with Crippen molar-refractivity contribution in [1.82, 2.24) is 4.98 Å². The maximum Gasteiger partial charge on any atom is 0.287 e. The standard InChI is InChI=1S/C14H13N3O3/c18-13-3-1-10-5-6-16(9-11(10)7-13)14-4-2-12(8-15-14)17(19)20/h1-4,7-8,18H,5-6,9H2. The van der Waals surface area contributed by atoms with Gasteiger partial charge >= 0.3 is 0 Å². The smallest absolute Gasteiger partial charge is 0.287 e. The highest BCUT2D eigenvalue weighted by molar-refractivity contribution is 5.47. The molecule has 6 heteroatoms. The summed E-state index contributed by atoms with van der Waals surface area (Å²) in [6.07, 6.45) is 2.14. The molecular formula is C14H13N3O3. The zero-order valence-electron chi connectivity index (χ0n) is 10.7. The number of aromatic hydroxyl groups is 1. The third-order valence-electron chi connectivity index (χ3n) is 3.47. The molecule has 0 unspecified atom stereocenters. The number of benzene rings is 1.